The smallest absolute Gasteiger partial charge is 0.319 e. The Balaban J connectivity index is 1.94. The van der Waals surface area contributed by atoms with Crippen molar-refractivity contribution in [3.05, 3.63) is 90.1 Å². The van der Waals surface area contributed by atoms with Gasteiger partial charge in [0.05, 0.1) is 57.2 Å². The SMILES string of the molecule is COC(=O)CN[C@H](C(=O)N[C@@H](Cc1ccccc1)[C@@H](O)CN(Cc1ccc(-c2ccccn2)cc1)NC(=O)[C@@H](NCC(=O)OC)C(C)(C)C)C(C)(C)C. The van der Waals surface area contributed by atoms with Crippen molar-refractivity contribution in [2.24, 2.45) is 10.8 Å². The second kappa shape index (κ2) is 20.0. The molecule has 288 valence electrons. The maximum atomic E-state index is 13.9. The van der Waals surface area contributed by atoms with Crippen molar-refractivity contribution >= 4 is 23.8 Å². The fraction of sp³-hybridized carbons (Fsp3) is 0.475. The first-order valence-electron chi connectivity index (χ1n) is 17.7. The van der Waals surface area contributed by atoms with E-state index in [1.54, 1.807) is 11.2 Å². The molecule has 0 aliphatic heterocycles. The molecule has 5 N–H and O–H groups in total. The lowest BCUT2D eigenvalue weighted by atomic mass is 9.85. The summed E-state index contributed by atoms with van der Waals surface area (Å²) in [6.45, 7) is 11.0. The van der Waals surface area contributed by atoms with Crippen LogP contribution in [0.5, 0.6) is 0 Å². The van der Waals surface area contributed by atoms with E-state index in [-0.39, 0.29) is 32.6 Å². The predicted octanol–water partition coefficient (Wildman–Crippen LogP) is 3.02. The summed E-state index contributed by atoms with van der Waals surface area (Å²) in [6, 6.07) is 20.5. The number of methoxy groups -OCH3 is 2. The van der Waals surface area contributed by atoms with Crippen molar-refractivity contribution in [3.63, 3.8) is 0 Å². The number of nitrogens with one attached hydrogen (secondary N) is 4. The van der Waals surface area contributed by atoms with Gasteiger partial charge in [-0.25, -0.2) is 5.01 Å². The van der Waals surface area contributed by atoms with Crippen molar-refractivity contribution in [1.29, 1.82) is 0 Å². The number of ether oxygens (including phenoxy) is 2. The number of aliphatic hydroxyl groups excluding tert-OH is 1. The van der Waals surface area contributed by atoms with Gasteiger partial charge in [0, 0.05) is 24.8 Å². The fourth-order valence-corrected chi connectivity index (χ4v) is 5.77. The van der Waals surface area contributed by atoms with Gasteiger partial charge in [0.15, 0.2) is 0 Å². The molecule has 1 aromatic heterocycles. The number of carbonyl (C=O) groups is 4. The van der Waals surface area contributed by atoms with Gasteiger partial charge in [-0.3, -0.25) is 40.2 Å². The number of hydrogen-bond acceptors (Lipinski definition) is 11. The van der Waals surface area contributed by atoms with Crippen LogP contribution in [0.15, 0.2) is 79.0 Å². The number of benzene rings is 2. The van der Waals surface area contributed by atoms with Crippen molar-refractivity contribution in [2.75, 3.05) is 33.9 Å². The molecule has 0 aliphatic rings. The van der Waals surface area contributed by atoms with Crippen LogP contribution in [0.25, 0.3) is 11.3 Å². The Morgan fingerprint density at radius 3 is 1.79 bits per heavy atom. The molecular weight excluding hydrogens is 676 g/mol. The molecule has 13 heteroatoms. The molecular formula is C40H56N6O7. The number of nitrogens with zero attached hydrogens (tertiary/aromatic N) is 2. The molecule has 2 amide bonds. The van der Waals surface area contributed by atoms with Crippen LogP contribution in [0.2, 0.25) is 0 Å². The molecule has 0 fully saturated rings. The number of amides is 2. The zero-order valence-electron chi connectivity index (χ0n) is 32.1. The first-order chi connectivity index (χ1) is 25.0. The van der Waals surface area contributed by atoms with Gasteiger partial charge in [0.1, 0.15) is 0 Å². The normalized spacial score (nSPS) is 14.1. The second-order valence-corrected chi connectivity index (χ2v) is 15.2. The number of hydrogen-bond donors (Lipinski definition) is 5. The minimum atomic E-state index is -1.18. The Bertz CT molecular complexity index is 1610. The Morgan fingerprint density at radius 2 is 1.28 bits per heavy atom. The number of esters is 2. The van der Waals surface area contributed by atoms with E-state index in [2.05, 4.69) is 26.4 Å². The zero-order valence-corrected chi connectivity index (χ0v) is 32.1. The topological polar surface area (TPSA) is 171 Å². The standard InChI is InChI=1S/C40H56N6O7/c1-39(2,3)35(42-23-33(48)52-7)37(50)44-31(22-27-14-10-9-11-15-27)32(47)26-46(45-38(51)36(40(4,5)6)43-24-34(49)53-8)25-28-17-19-29(20-18-28)30-16-12-13-21-41-30/h9-21,31-32,35-36,42-43,47H,22-26H2,1-8H3,(H,44,50)(H,45,51)/t31-,32-,35+,36+/m0/s1. The largest absolute Gasteiger partial charge is 0.468 e. The molecule has 1 heterocycles. The third kappa shape index (κ3) is 14.0. The number of aliphatic hydroxyl groups is 1. The van der Waals surface area contributed by atoms with Crippen LogP contribution in [0.4, 0.5) is 0 Å². The van der Waals surface area contributed by atoms with Gasteiger partial charge < -0.3 is 19.9 Å². The Kier molecular flexibility index (Phi) is 16.1. The molecule has 3 rings (SSSR count). The summed E-state index contributed by atoms with van der Waals surface area (Å²) in [5.74, 6) is -1.84. The van der Waals surface area contributed by atoms with Crippen LogP contribution in [0.3, 0.4) is 0 Å². The summed E-state index contributed by atoms with van der Waals surface area (Å²) < 4.78 is 9.55. The minimum Gasteiger partial charge on any atom is -0.468 e. The molecule has 0 spiro atoms. The molecule has 0 bridgehead atoms. The molecule has 0 radical (unpaired) electrons. The number of aromatic nitrogens is 1. The van der Waals surface area contributed by atoms with E-state index in [1.807, 2.05) is 114 Å². The maximum absolute atomic E-state index is 13.9. The molecule has 0 saturated heterocycles. The third-order valence-electron chi connectivity index (χ3n) is 8.67. The van der Waals surface area contributed by atoms with Crippen molar-refractivity contribution < 1.29 is 33.8 Å². The lowest BCUT2D eigenvalue weighted by Gasteiger charge is -2.36. The van der Waals surface area contributed by atoms with E-state index < -0.39 is 58.8 Å². The molecule has 3 aromatic rings. The molecule has 0 aliphatic carbocycles. The van der Waals surface area contributed by atoms with Crippen molar-refractivity contribution in [1.82, 2.24) is 31.4 Å². The van der Waals surface area contributed by atoms with Gasteiger partial charge in [0.25, 0.3) is 5.91 Å². The second-order valence-electron chi connectivity index (χ2n) is 15.2. The Labute approximate surface area is 313 Å². The highest BCUT2D eigenvalue weighted by molar-refractivity contribution is 5.84. The molecule has 0 unspecified atom stereocenters. The summed E-state index contributed by atoms with van der Waals surface area (Å²) in [6.07, 6.45) is 0.836. The minimum absolute atomic E-state index is 0.0743. The van der Waals surface area contributed by atoms with Gasteiger partial charge in [-0.1, -0.05) is 102 Å². The van der Waals surface area contributed by atoms with E-state index in [4.69, 9.17) is 9.47 Å². The average Bonchev–Trinajstić information content (AvgIpc) is 3.11. The molecule has 4 atom stereocenters. The summed E-state index contributed by atoms with van der Waals surface area (Å²) in [5, 5.41) is 22.6. The van der Waals surface area contributed by atoms with Crippen LogP contribution < -0.4 is 21.4 Å². The maximum Gasteiger partial charge on any atom is 0.319 e. The van der Waals surface area contributed by atoms with Crippen LogP contribution in [-0.4, -0.2) is 96.9 Å². The highest BCUT2D eigenvalue weighted by atomic mass is 16.5. The van der Waals surface area contributed by atoms with Gasteiger partial charge in [-0.05, 0) is 40.5 Å². The quantitative estimate of drug-likeness (QED) is 0.0963. The summed E-state index contributed by atoms with van der Waals surface area (Å²) in [5.41, 5.74) is 5.25. The van der Waals surface area contributed by atoms with Gasteiger partial charge in [0.2, 0.25) is 5.91 Å². The Morgan fingerprint density at radius 1 is 0.736 bits per heavy atom. The molecule has 53 heavy (non-hydrogen) atoms. The van der Waals surface area contributed by atoms with E-state index in [1.165, 1.54) is 14.2 Å². The fourth-order valence-electron chi connectivity index (χ4n) is 5.77. The summed E-state index contributed by atoms with van der Waals surface area (Å²) in [4.78, 5) is 56.2. The van der Waals surface area contributed by atoms with Crippen LogP contribution in [0, 0.1) is 10.8 Å². The highest BCUT2D eigenvalue weighted by Crippen LogP contribution is 2.22. The summed E-state index contributed by atoms with van der Waals surface area (Å²) in [7, 11) is 2.56. The van der Waals surface area contributed by atoms with Crippen LogP contribution in [-0.2, 0) is 41.6 Å². The molecule has 2 aromatic carbocycles. The lowest BCUT2D eigenvalue weighted by molar-refractivity contribution is -0.141. The molecule has 13 nitrogen and oxygen atoms in total. The number of carbonyl (C=O) groups excluding carboxylic acids is 4. The van der Waals surface area contributed by atoms with Gasteiger partial charge in [-0.15, -0.1) is 0 Å². The average molecular weight is 733 g/mol. The van der Waals surface area contributed by atoms with Gasteiger partial charge >= 0.3 is 11.9 Å². The van der Waals surface area contributed by atoms with Crippen LogP contribution in [0.1, 0.15) is 52.7 Å². The Hall–Kier alpha value is -4.69. The number of hydrazine groups is 1. The number of pyridine rings is 1. The first-order valence-corrected chi connectivity index (χ1v) is 17.7. The van der Waals surface area contributed by atoms with Crippen LogP contribution >= 0.6 is 0 Å². The van der Waals surface area contributed by atoms with E-state index >= 15 is 0 Å². The predicted molar refractivity (Wildman–Crippen MR) is 203 cm³/mol. The zero-order chi connectivity index (χ0) is 39.2. The third-order valence-corrected chi connectivity index (χ3v) is 8.67. The van der Waals surface area contributed by atoms with E-state index in [0.29, 0.717) is 0 Å². The number of rotatable bonds is 18. The highest BCUT2D eigenvalue weighted by Gasteiger charge is 2.36. The van der Waals surface area contributed by atoms with E-state index in [9.17, 15) is 24.3 Å². The molecule has 0 saturated carbocycles. The monoisotopic (exact) mass is 732 g/mol. The van der Waals surface area contributed by atoms with Crippen molar-refractivity contribution in [2.45, 2.75) is 78.7 Å². The first kappa shape index (κ1) is 42.7. The lowest BCUT2D eigenvalue weighted by Crippen LogP contribution is -2.60. The van der Waals surface area contributed by atoms with E-state index in [0.717, 1.165) is 22.4 Å². The van der Waals surface area contributed by atoms with Gasteiger partial charge in [-0.2, -0.15) is 0 Å². The summed E-state index contributed by atoms with van der Waals surface area (Å²) >= 11 is 0. The van der Waals surface area contributed by atoms with Crippen molar-refractivity contribution in [3.8, 4) is 11.3 Å².